The Bertz CT molecular complexity index is 213. The summed E-state index contributed by atoms with van der Waals surface area (Å²) < 4.78 is 0. The third-order valence-corrected chi connectivity index (χ3v) is 2.51. The van der Waals surface area contributed by atoms with Crippen LogP contribution in [0.4, 0.5) is 0 Å². The van der Waals surface area contributed by atoms with Gasteiger partial charge in [0.1, 0.15) is 0 Å². The molecule has 0 aliphatic carbocycles. The van der Waals surface area contributed by atoms with Gasteiger partial charge in [-0.1, -0.05) is 63.4 Å². The molecule has 0 aliphatic rings. The highest BCUT2D eigenvalue weighted by atomic mass is 14.1. The molecule has 1 aromatic rings. The lowest BCUT2D eigenvalue weighted by atomic mass is 9.95. The van der Waals surface area contributed by atoms with Crippen LogP contribution in [0.3, 0.4) is 0 Å². The van der Waals surface area contributed by atoms with E-state index >= 15 is 0 Å². The highest BCUT2D eigenvalue weighted by Gasteiger charge is 2.02. The summed E-state index contributed by atoms with van der Waals surface area (Å²) in [4.78, 5) is 0. The maximum atomic E-state index is 3.86. The van der Waals surface area contributed by atoms with Crippen LogP contribution >= 0.6 is 0 Å². The fraction of sp³-hybridized carbons (Fsp3) is 0.462. The summed E-state index contributed by atoms with van der Waals surface area (Å²) in [5, 5.41) is 0. The highest BCUT2D eigenvalue weighted by Crippen LogP contribution is 2.20. The van der Waals surface area contributed by atoms with Crippen molar-refractivity contribution < 1.29 is 0 Å². The van der Waals surface area contributed by atoms with E-state index in [9.17, 15) is 0 Å². The van der Waals surface area contributed by atoms with E-state index < -0.39 is 0 Å². The Morgan fingerprint density at radius 2 is 1.85 bits per heavy atom. The molecule has 0 heteroatoms. The Balaban J connectivity index is 2.35. The lowest BCUT2D eigenvalue weighted by molar-refractivity contribution is 0.608. The maximum Gasteiger partial charge on any atom is -0.0190 e. The first kappa shape index (κ1) is 10.3. The van der Waals surface area contributed by atoms with Gasteiger partial charge in [-0.2, -0.15) is 0 Å². The molecule has 0 heterocycles. The molecule has 0 spiro atoms. The number of hydrogen-bond donors (Lipinski definition) is 0. The Kier molecular flexibility index (Phi) is 4.59. The van der Waals surface area contributed by atoms with Crippen molar-refractivity contribution in [3.8, 4) is 0 Å². The molecule has 13 heavy (non-hydrogen) atoms. The highest BCUT2D eigenvalue weighted by molar-refractivity contribution is 5.18. The minimum Gasteiger partial charge on any atom is -0.0622 e. The third-order valence-electron chi connectivity index (χ3n) is 2.51. The first-order valence-electron chi connectivity index (χ1n) is 5.18. The molecular formula is C13H19. The van der Waals surface area contributed by atoms with Crippen LogP contribution in [0.5, 0.6) is 0 Å². The zero-order chi connectivity index (χ0) is 9.52. The van der Waals surface area contributed by atoms with Gasteiger partial charge in [0.15, 0.2) is 0 Å². The summed E-state index contributed by atoms with van der Waals surface area (Å²) in [5.41, 5.74) is 1.46. The topological polar surface area (TPSA) is 0 Å². The van der Waals surface area contributed by atoms with Gasteiger partial charge in [0.25, 0.3) is 0 Å². The standard InChI is InChI=1S/C13H19/c1-3-4-6-9-12(2)13-10-7-5-8-11-13/h5,7-8,10-12H,1,3-4,6,9H2,2H3. The molecule has 0 saturated heterocycles. The second-order valence-corrected chi connectivity index (χ2v) is 3.66. The Labute approximate surface area is 82.0 Å². The van der Waals surface area contributed by atoms with Crippen LogP contribution in [0.15, 0.2) is 30.3 Å². The molecule has 0 aliphatic heterocycles. The first-order chi connectivity index (χ1) is 6.34. The summed E-state index contributed by atoms with van der Waals surface area (Å²) in [6, 6.07) is 10.7. The van der Waals surface area contributed by atoms with Crippen molar-refractivity contribution in [2.24, 2.45) is 0 Å². The van der Waals surface area contributed by atoms with Gasteiger partial charge >= 0.3 is 0 Å². The zero-order valence-electron chi connectivity index (χ0n) is 8.50. The van der Waals surface area contributed by atoms with Crippen LogP contribution in [-0.2, 0) is 0 Å². The Hall–Kier alpha value is -0.780. The molecule has 71 valence electrons. The molecule has 0 nitrogen and oxygen atoms in total. The molecule has 0 fully saturated rings. The van der Waals surface area contributed by atoms with Gasteiger partial charge in [-0.05, 0) is 17.9 Å². The normalized spacial score (nSPS) is 12.8. The van der Waals surface area contributed by atoms with Crippen LogP contribution in [0.2, 0.25) is 0 Å². The van der Waals surface area contributed by atoms with E-state index in [1.807, 2.05) is 0 Å². The van der Waals surface area contributed by atoms with Crippen molar-refractivity contribution in [3.63, 3.8) is 0 Å². The van der Waals surface area contributed by atoms with E-state index in [1.54, 1.807) is 0 Å². The SMILES string of the molecule is [CH2]CCCCC(C)c1ccccc1. The van der Waals surface area contributed by atoms with E-state index in [-0.39, 0.29) is 0 Å². The van der Waals surface area contributed by atoms with Crippen LogP contribution in [-0.4, -0.2) is 0 Å². The molecule has 0 saturated carbocycles. The molecule has 1 aromatic carbocycles. The fourth-order valence-electron chi connectivity index (χ4n) is 1.58. The number of unbranched alkanes of at least 4 members (excludes halogenated alkanes) is 2. The van der Waals surface area contributed by atoms with Gasteiger partial charge in [-0.15, -0.1) is 0 Å². The van der Waals surface area contributed by atoms with Gasteiger partial charge in [0.2, 0.25) is 0 Å². The van der Waals surface area contributed by atoms with Crippen LogP contribution in [0, 0.1) is 6.92 Å². The van der Waals surface area contributed by atoms with Gasteiger partial charge in [-0.3, -0.25) is 0 Å². The van der Waals surface area contributed by atoms with Gasteiger partial charge in [0, 0.05) is 0 Å². The number of rotatable bonds is 5. The van der Waals surface area contributed by atoms with Gasteiger partial charge < -0.3 is 0 Å². The van der Waals surface area contributed by atoms with Gasteiger partial charge in [0.05, 0.1) is 0 Å². The van der Waals surface area contributed by atoms with E-state index in [0.29, 0.717) is 5.92 Å². The minimum atomic E-state index is 0.702. The second kappa shape index (κ2) is 5.80. The fourth-order valence-corrected chi connectivity index (χ4v) is 1.58. The lowest BCUT2D eigenvalue weighted by Gasteiger charge is -2.10. The molecule has 0 N–H and O–H groups in total. The maximum absolute atomic E-state index is 3.86. The van der Waals surface area contributed by atoms with Crippen molar-refractivity contribution in [1.29, 1.82) is 0 Å². The third kappa shape index (κ3) is 3.63. The smallest absolute Gasteiger partial charge is 0.0190 e. The molecule has 0 aromatic heterocycles. The van der Waals surface area contributed by atoms with Crippen molar-refractivity contribution in [1.82, 2.24) is 0 Å². The minimum absolute atomic E-state index is 0.702. The molecular weight excluding hydrogens is 156 g/mol. The summed E-state index contributed by atoms with van der Waals surface area (Å²) in [5.74, 6) is 0.702. The van der Waals surface area contributed by atoms with E-state index in [1.165, 1.54) is 24.8 Å². The van der Waals surface area contributed by atoms with Crippen molar-refractivity contribution in [2.75, 3.05) is 0 Å². The summed E-state index contributed by atoms with van der Waals surface area (Å²) in [6.45, 7) is 6.16. The van der Waals surface area contributed by atoms with E-state index in [2.05, 4.69) is 44.2 Å². The molecule has 1 unspecified atom stereocenters. The van der Waals surface area contributed by atoms with Crippen molar-refractivity contribution >= 4 is 0 Å². The average molecular weight is 175 g/mol. The summed E-state index contributed by atoms with van der Waals surface area (Å²) in [6.07, 6.45) is 4.93. The monoisotopic (exact) mass is 175 g/mol. The molecule has 0 bridgehead atoms. The summed E-state index contributed by atoms with van der Waals surface area (Å²) in [7, 11) is 0. The van der Waals surface area contributed by atoms with Crippen LogP contribution in [0.1, 0.15) is 44.1 Å². The number of benzene rings is 1. The Morgan fingerprint density at radius 1 is 1.15 bits per heavy atom. The average Bonchev–Trinajstić information content (AvgIpc) is 2.19. The molecule has 0 amide bonds. The second-order valence-electron chi connectivity index (χ2n) is 3.66. The van der Waals surface area contributed by atoms with Crippen molar-refractivity contribution in [2.45, 2.75) is 38.5 Å². The predicted molar refractivity (Wildman–Crippen MR) is 58.7 cm³/mol. The van der Waals surface area contributed by atoms with Gasteiger partial charge in [-0.25, -0.2) is 0 Å². The largest absolute Gasteiger partial charge is 0.0622 e. The molecule has 1 atom stereocenters. The zero-order valence-corrected chi connectivity index (χ0v) is 8.50. The number of hydrogen-bond acceptors (Lipinski definition) is 0. The molecule has 1 radical (unpaired) electrons. The van der Waals surface area contributed by atoms with Crippen LogP contribution in [0.25, 0.3) is 0 Å². The van der Waals surface area contributed by atoms with Crippen molar-refractivity contribution in [3.05, 3.63) is 42.8 Å². The van der Waals surface area contributed by atoms with E-state index in [4.69, 9.17) is 0 Å². The lowest BCUT2D eigenvalue weighted by Crippen LogP contribution is -1.92. The Morgan fingerprint density at radius 3 is 2.46 bits per heavy atom. The molecule has 1 rings (SSSR count). The quantitative estimate of drug-likeness (QED) is 0.589. The van der Waals surface area contributed by atoms with E-state index in [0.717, 1.165) is 6.42 Å². The first-order valence-corrected chi connectivity index (χ1v) is 5.18. The predicted octanol–water partition coefficient (Wildman–Crippen LogP) is 4.18. The van der Waals surface area contributed by atoms with Crippen LogP contribution < -0.4 is 0 Å². The summed E-state index contributed by atoms with van der Waals surface area (Å²) >= 11 is 0.